The Bertz CT molecular complexity index is 791. The summed E-state index contributed by atoms with van der Waals surface area (Å²) in [5.41, 5.74) is 0.676. The molecule has 2 rings (SSSR count). The van der Waals surface area contributed by atoms with Gasteiger partial charge in [0.25, 0.3) is 10.0 Å². The summed E-state index contributed by atoms with van der Waals surface area (Å²) < 4.78 is 65.6. The van der Waals surface area contributed by atoms with Crippen LogP contribution >= 0.6 is 0 Å². The molecule has 0 bridgehead atoms. The molecule has 0 aliphatic rings. The zero-order valence-corrected chi connectivity index (χ0v) is 12.8. The molecule has 0 aliphatic heterocycles. The van der Waals surface area contributed by atoms with E-state index in [0.717, 1.165) is 12.4 Å². The van der Waals surface area contributed by atoms with E-state index in [1.807, 2.05) is 0 Å². The zero-order valence-electron chi connectivity index (χ0n) is 12.0. The van der Waals surface area contributed by atoms with Crippen molar-refractivity contribution in [2.75, 3.05) is 4.72 Å². The number of aryl methyl sites for hydroxylation is 2. The van der Waals surface area contributed by atoms with Gasteiger partial charge in [-0.25, -0.2) is 8.42 Å². The normalized spacial score (nSPS) is 12.6. The van der Waals surface area contributed by atoms with Crippen molar-refractivity contribution in [2.24, 2.45) is 7.05 Å². The average Bonchev–Trinajstić information content (AvgIpc) is 2.82. The van der Waals surface area contributed by atoms with Crippen molar-refractivity contribution in [1.29, 1.82) is 0 Å². The van der Waals surface area contributed by atoms with Crippen molar-refractivity contribution in [1.82, 2.24) is 19.6 Å². The number of anilines is 1. The molecule has 0 spiro atoms. The van der Waals surface area contributed by atoms with E-state index in [2.05, 4.69) is 14.9 Å². The fraction of sp³-hybridized carbons (Fsp3) is 0.455. The van der Waals surface area contributed by atoms with E-state index in [9.17, 15) is 21.6 Å². The minimum Gasteiger partial charge on any atom is -0.276 e. The smallest absolute Gasteiger partial charge is 0.276 e. The number of nitrogens with zero attached hydrogens (tertiary/aromatic N) is 4. The summed E-state index contributed by atoms with van der Waals surface area (Å²) in [6.45, 7) is 1.83. The van der Waals surface area contributed by atoms with E-state index in [4.69, 9.17) is 0 Å². The summed E-state index contributed by atoms with van der Waals surface area (Å²) in [6, 6.07) is 0. The second kappa shape index (κ2) is 5.30. The number of nitrogens with one attached hydrogen (secondary N) is 1. The van der Waals surface area contributed by atoms with Crippen molar-refractivity contribution in [3.63, 3.8) is 0 Å². The molecule has 2 aromatic heterocycles. The van der Waals surface area contributed by atoms with Crippen molar-refractivity contribution in [3.05, 3.63) is 23.8 Å². The van der Waals surface area contributed by atoms with E-state index in [1.54, 1.807) is 14.0 Å². The Hall–Kier alpha value is -2.04. The lowest BCUT2D eigenvalue weighted by molar-refractivity contribution is -0.142. The van der Waals surface area contributed by atoms with Crippen molar-refractivity contribution >= 4 is 15.7 Å². The third-order valence-corrected chi connectivity index (χ3v) is 4.57. The van der Waals surface area contributed by atoms with Crippen molar-refractivity contribution in [2.45, 2.75) is 31.5 Å². The highest BCUT2D eigenvalue weighted by Gasteiger charge is 2.29. The van der Waals surface area contributed by atoms with Gasteiger partial charge in [-0.05, 0) is 13.8 Å². The predicted octanol–water partition coefficient (Wildman–Crippen LogP) is 1.60. The number of halogens is 3. The summed E-state index contributed by atoms with van der Waals surface area (Å²) in [6.07, 6.45) is -2.44. The topological polar surface area (TPSA) is 81.8 Å². The van der Waals surface area contributed by atoms with Gasteiger partial charge in [0.2, 0.25) is 0 Å². The molecule has 11 heteroatoms. The van der Waals surface area contributed by atoms with Crippen LogP contribution in [0.2, 0.25) is 0 Å². The Morgan fingerprint density at radius 1 is 1.32 bits per heavy atom. The molecule has 0 radical (unpaired) electrons. The van der Waals surface area contributed by atoms with Gasteiger partial charge in [-0.1, -0.05) is 0 Å². The van der Waals surface area contributed by atoms with E-state index < -0.39 is 22.7 Å². The van der Waals surface area contributed by atoms with Crippen LogP contribution in [0.15, 0.2) is 17.3 Å². The summed E-state index contributed by atoms with van der Waals surface area (Å²) in [5, 5.41) is 7.48. The van der Waals surface area contributed by atoms with Crippen LogP contribution in [-0.4, -0.2) is 34.2 Å². The SMILES string of the molecule is Cc1nn(C)c(C)c1S(=O)(=O)Nc1cnn(CC(F)(F)F)c1. The Morgan fingerprint density at radius 2 is 1.95 bits per heavy atom. The highest BCUT2D eigenvalue weighted by Crippen LogP contribution is 2.23. The van der Waals surface area contributed by atoms with Crippen molar-refractivity contribution in [3.8, 4) is 0 Å². The molecular formula is C11H14F3N5O2S. The lowest BCUT2D eigenvalue weighted by Crippen LogP contribution is -2.18. The molecule has 1 N–H and O–H groups in total. The van der Waals surface area contributed by atoms with Crippen LogP contribution in [0, 0.1) is 13.8 Å². The second-order valence-corrected chi connectivity index (χ2v) is 6.39. The van der Waals surface area contributed by atoms with Crippen LogP contribution < -0.4 is 4.72 Å². The minimum atomic E-state index is -4.43. The maximum atomic E-state index is 12.3. The number of alkyl halides is 3. The first-order chi connectivity index (χ1) is 9.99. The third-order valence-electron chi connectivity index (χ3n) is 2.94. The third kappa shape index (κ3) is 3.40. The average molecular weight is 337 g/mol. The first-order valence-electron chi connectivity index (χ1n) is 6.12. The lowest BCUT2D eigenvalue weighted by Gasteiger charge is -2.07. The van der Waals surface area contributed by atoms with Gasteiger partial charge in [0, 0.05) is 13.2 Å². The first kappa shape index (κ1) is 16.3. The molecule has 7 nitrogen and oxygen atoms in total. The quantitative estimate of drug-likeness (QED) is 0.919. The van der Waals surface area contributed by atoms with Gasteiger partial charge >= 0.3 is 6.18 Å². The van der Waals surface area contributed by atoms with Crippen LogP contribution in [0.1, 0.15) is 11.4 Å². The maximum Gasteiger partial charge on any atom is 0.408 e. The highest BCUT2D eigenvalue weighted by molar-refractivity contribution is 7.92. The molecule has 2 aromatic rings. The number of rotatable bonds is 4. The van der Waals surface area contributed by atoms with Gasteiger partial charge in [0.05, 0.1) is 23.3 Å². The molecule has 0 aliphatic carbocycles. The summed E-state index contributed by atoms with van der Waals surface area (Å²) in [5.74, 6) is 0. The van der Waals surface area contributed by atoms with E-state index in [1.165, 1.54) is 11.6 Å². The number of sulfonamides is 1. The molecule has 2 heterocycles. The Morgan fingerprint density at radius 3 is 2.45 bits per heavy atom. The predicted molar refractivity (Wildman–Crippen MR) is 71.8 cm³/mol. The summed E-state index contributed by atoms with van der Waals surface area (Å²) >= 11 is 0. The largest absolute Gasteiger partial charge is 0.408 e. The summed E-state index contributed by atoms with van der Waals surface area (Å²) in [4.78, 5) is -0.00132. The van der Waals surface area contributed by atoms with Crippen molar-refractivity contribution < 1.29 is 21.6 Å². The molecule has 0 amide bonds. The molecule has 0 saturated heterocycles. The summed E-state index contributed by atoms with van der Waals surface area (Å²) in [7, 11) is -2.35. The molecule has 0 unspecified atom stereocenters. The van der Waals surface area contributed by atoms with Crippen LogP contribution in [0.5, 0.6) is 0 Å². The maximum absolute atomic E-state index is 12.3. The minimum absolute atomic E-state index is 0.00132. The zero-order chi connectivity index (χ0) is 16.7. The van der Waals surface area contributed by atoms with Gasteiger partial charge in [0.1, 0.15) is 11.4 Å². The molecule has 0 saturated carbocycles. The van der Waals surface area contributed by atoms with Crippen LogP contribution in [0.4, 0.5) is 18.9 Å². The molecule has 0 aromatic carbocycles. The lowest BCUT2D eigenvalue weighted by atomic mass is 10.4. The van der Waals surface area contributed by atoms with Gasteiger partial charge in [-0.15, -0.1) is 0 Å². The van der Waals surface area contributed by atoms with E-state index >= 15 is 0 Å². The fourth-order valence-electron chi connectivity index (χ4n) is 2.04. The van der Waals surface area contributed by atoms with Gasteiger partial charge < -0.3 is 0 Å². The number of hydrogen-bond donors (Lipinski definition) is 1. The standard InChI is InChI=1S/C11H14F3N5O2S/c1-7-10(8(2)18(3)16-7)22(20,21)17-9-4-15-19(5-9)6-11(12,13)14/h4-5,17H,6H2,1-3H3. The van der Waals surface area contributed by atoms with Crippen LogP contribution in [0.25, 0.3) is 0 Å². The van der Waals surface area contributed by atoms with E-state index in [-0.39, 0.29) is 10.6 Å². The van der Waals surface area contributed by atoms with Gasteiger partial charge in [-0.2, -0.15) is 23.4 Å². The molecule has 22 heavy (non-hydrogen) atoms. The Labute approximate surface area is 124 Å². The van der Waals surface area contributed by atoms with Gasteiger partial charge in [0.15, 0.2) is 0 Å². The molecule has 0 fully saturated rings. The first-order valence-corrected chi connectivity index (χ1v) is 7.60. The second-order valence-electron chi connectivity index (χ2n) is 4.77. The Kier molecular flexibility index (Phi) is 3.94. The number of hydrogen-bond acceptors (Lipinski definition) is 4. The monoisotopic (exact) mass is 337 g/mol. The molecule has 122 valence electrons. The van der Waals surface area contributed by atoms with Gasteiger partial charge in [-0.3, -0.25) is 14.1 Å². The molecule has 0 atom stereocenters. The van der Waals surface area contributed by atoms with Crippen LogP contribution in [0.3, 0.4) is 0 Å². The van der Waals surface area contributed by atoms with E-state index in [0.29, 0.717) is 16.1 Å². The molecular weight excluding hydrogens is 323 g/mol. The Balaban J connectivity index is 2.26. The fourth-order valence-corrected chi connectivity index (χ4v) is 3.50. The highest BCUT2D eigenvalue weighted by atomic mass is 32.2. The van der Waals surface area contributed by atoms with Crippen LogP contribution in [-0.2, 0) is 23.6 Å². The number of aromatic nitrogens is 4.